The molecule has 0 aliphatic carbocycles. The van der Waals surface area contributed by atoms with Gasteiger partial charge in [-0.1, -0.05) is 15.9 Å². The maximum Gasteiger partial charge on any atom is 0.269 e. The number of hydrogen-bond acceptors (Lipinski definition) is 4. The normalized spacial score (nSPS) is 17.4. The summed E-state index contributed by atoms with van der Waals surface area (Å²) < 4.78 is 0.846. The topological polar surface area (TPSA) is 81.8 Å². The number of nitrogens with zero attached hydrogens (tertiary/aromatic N) is 2. The predicted molar refractivity (Wildman–Crippen MR) is 91.3 cm³/mol. The fourth-order valence-corrected chi connectivity index (χ4v) is 2.61. The molecule has 1 atom stereocenters. The first-order chi connectivity index (χ1) is 10.8. The van der Waals surface area contributed by atoms with Crippen LogP contribution in [0.1, 0.15) is 16.8 Å². The van der Waals surface area contributed by atoms with Crippen LogP contribution >= 0.6 is 28.1 Å². The summed E-state index contributed by atoms with van der Waals surface area (Å²) in [7, 11) is 2.99. The molecule has 7 nitrogen and oxygen atoms in total. The van der Waals surface area contributed by atoms with Gasteiger partial charge in [0.1, 0.15) is 6.04 Å². The van der Waals surface area contributed by atoms with Crippen molar-refractivity contribution in [2.45, 2.75) is 12.5 Å². The fraction of sp³-hybridized carbons (Fsp3) is 0.286. The number of benzene rings is 1. The van der Waals surface area contributed by atoms with E-state index in [1.807, 2.05) is 0 Å². The molecule has 0 unspecified atom stereocenters. The predicted octanol–water partition coefficient (Wildman–Crippen LogP) is 0.658. The summed E-state index contributed by atoms with van der Waals surface area (Å²) in [4.78, 5) is 37.3. The van der Waals surface area contributed by atoms with E-state index in [1.54, 1.807) is 24.3 Å². The zero-order valence-corrected chi connectivity index (χ0v) is 14.9. The molecule has 0 spiro atoms. The van der Waals surface area contributed by atoms with Gasteiger partial charge in [0.25, 0.3) is 11.8 Å². The van der Waals surface area contributed by atoms with Crippen molar-refractivity contribution in [1.29, 1.82) is 0 Å². The van der Waals surface area contributed by atoms with Gasteiger partial charge in [-0.2, -0.15) is 0 Å². The Morgan fingerprint density at radius 1 is 1.30 bits per heavy atom. The standard InChI is InChI=1S/C14H15BrN4O3S/c1-16-11(20)7-10-13(22)18(2)14(23)19(10)17-12(21)8-3-5-9(15)6-4-8/h3-6,10H,7H2,1-2H3,(H,16,20)(H,17,21)/t10-/m1/s1. The highest BCUT2D eigenvalue weighted by Gasteiger charge is 2.42. The third-order valence-electron chi connectivity index (χ3n) is 3.41. The zero-order chi connectivity index (χ0) is 17.1. The van der Waals surface area contributed by atoms with E-state index in [0.29, 0.717) is 5.56 Å². The average Bonchev–Trinajstić information content (AvgIpc) is 2.73. The Labute approximate surface area is 147 Å². The van der Waals surface area contributed by atoms with Crippen LogP contribution in [0.15, 0.2) is 28.7 Å². The van der Waals surface area contributed by atoms with Gasteiger partial charge in [-0.15, -0.1) is 0 Å². The van der Waals surface area contributed by atoms with Gasteiger partial charge in [0.2, 0.25) is 5.91 Å². The van der Waals surface area contributed by atoms with E-state index in [1.165, 1.54) is 24.0 Å². The SMILES string of the molecule is CNC(=O)C[C@@H]1C(=O)N(C)C(=S)N1NC(=O)c1ccc(Br)cc1. The molecule has 122 valence electrons. The van der Waals surface area contributed by atoms with Gasteiger partial charge in [0.05, 0.1) is 6.42 Å². The molecular weight excluding hydrogens is 384 g/mol. The van der Waals surface area contributed by atoms with Crippen molar-refractivity contribution in [3.8, 4) is 0 Å². The molecule has 3 amide bonds. The number of amides is 3. The lowest BCUT2D eigenvalue weighted by Gasteiger charge is -2.23. The van der Waals surface area contributed by atoms with Crippen LogP contribution in [0.5, 0.6) is 0 Å². The molecule has 0 bridgehead atoms. The van der Waals surface area contributed by atoms with E-state index in [9.17, 15) is 14.4 Å². The number of rotatable bonds is 4. The Bertz CT molecular complexity index is 664. The molecule has 1 aromatic carbocycles. The lowest BCUT2D eigenvalue weighted by Crippen LogP contribution is -2.49. The highest BCUT2D eigenvalue weighted by Crippen LogP contribution is 2.18. The van der Waals surface area contributed by atoms with Crippen molar-refractivity contribution in [2.24, 2.45) is 0 Å². The largest absolute Gasteiger partial charge is 0.359 e. The molecule has 1 aromatic rings. The second-order valence-electron chi connectivity index (χ2n) is 4.89. The Morgan fingerprint density at radius 2 is 1.91 bits per heavy atom. The van der Waals surface area contributed by atoms with Crippen LogP contribution in [0.4, 0.5) is 0 Å². The lowest BCUT2D eigenvalue weighted by atomic mass is 10.2. The maximum absolute atomic E-state index is 12.3. The summed E-state index contributed by atoms with van der Waals surface area (Å²) in [6, 6.07) is 5.88. The van der Waals surface area contributed by atoms with Crippen LogP contribution in [-0.2, 0) is 9.59 Å². The van der Waals surface area contributed by atoms with E-state index in [2.05, 4.69) is 26.7 Å². The van der Waals surface area contributed by atoms with Crippen LogP contribution in [0, 0.1) is 0 Å². The molecule has 0 saturated carbocycles. The van der Waals surface area contributed by atoms with Gasteiger partial charge in [0, 0.05) is 24.1 Å². The molecule has 1 saturated heterocycles. The summed E-state index contributed by atoms with van der Waals surface area (Å²) in [5.74, 6) is -1.07. The highest BCUT2D eigenvalue weighted by molar-refractivity contribution is 9.10. The number of hydrogen-bond donors (Lipinski definition) is 2. The molecular formula is C14H15BrN4O3S. The molecule has 1 aliphatic rings. The van der Waals surface area contributed by atoms with Crippen molar-refractivity contribution in [1.82, 2.24) is 20.7 Å². The van der Waals surface area contributed by atoms with E-state index in [-0.39, 0.29) is 23.3 Å². The first-order valence-electron chi connectivity index (χ1n) is 6.73. The van der Waals surface area contributed by atoms with Crippen molar-refractivity contribution in [3.63, 3.8) is 0 Å². The summed E-state index contributed by atoms with van der Waals surface area (Å²) in [6.07, 6.45) is -0.0968. The third-order valence-corrected chi connectivity index (χ3v) is 4.41. The Morgan fingerprint density at radius 3 is 2.48 bits per heavy atom. The number of nitrogens with one attached hydrogen (secondary N) is 2. The second kappa shape index (κ2) is 7.05. The molecule has 23 heavy (non-hydrogen) atoms. The molecule has 1 aliphatic heterocycles. The Hall–Kier alpha value is -2.00. The molecule has 2 rings (SSSR count). The van der Waals surface area contributed by atoms with Gasteiger partial charge >= 0.3 is 0 Å². The van der Waals surface area contributed by atoms with Crippen molar-refractivity contribution in [3.05, 3.63) is 34.3 Å². The minimum Gasteiger partial charge on any atom is -0.359 e. The van der Waals surface area contributed by atoms with Crippen LogP contribution in [0.2, 0.25) is 0 Å². The Kier molecular flexibility index (Phi) is 5.32. The Balaban J connectivity index is 2.18. The van der Waals surface area contributed by atoms with E-state index in [0.717, 1.165) is 4.47 Å². The van der Waals surface area contributed by atoms with Gasteiger partial charge in [-0.05, 0) is 36.5 Å². The quantitative estimate of drug-likeness (QED) is 0.728. The monoisotopic (exact) mass is 398 g/mol. The van der Waals surface area contributed by atoms with E-state index < -0.39 is 11.9 Å². The molecule has 1 fully saturated rings. The van der Waals surface area contributed by atoms with Crippen molar-refractivity contribution in [2.75, 3.05) is 14.1 Å². The summed E-state index contributed by atoms with van der Waals surface area (Å²) in [6.45, 7) is 0. The summed E-state index contributed by atoms with van der Waals surface area (Å²) >= 11 is 8.47. The van der Waals surface area contributed by atoms with Crippen LogP contribution in [0.25, 0.3) is 0 Å². The molecule has 1 heterocycles. The summed E-state index contributed by atoms with van der Waals surface area (Å²) in [5, 5.41) is 3.87. The first-order valence-corrected chi connectivity index (χ1v) is 7.93. The minimum absolute atomic E-state index is 0.0968. The number of thiocarbonyl (C=S) groups is 1. The molecule has 2 N–H and O–H groups in total. The number of carbonyl (C=O) groups is 3. The number of halogens is 1. The van der Waals surface area contributed by atoms with Gasteiger partial charge in [-0.3, -0.25) is 24.7 Å². The summed E-state index contributed by atoms with van der Waals surface area (Å²) in [5.41, 5.74) is 3.01. The highest BCUT2D eigenvalue weighted by atomic mass is 79.9. The average molecular weight is 399 g/mol. The lowest BCUT2D eigenvalue weighted by molar-refractivity contribution is -0.131. The van der Waals surface area contributed by atoms with Gasteiger partial charge in [0.15, 0.2) is 5.11 Å². The maximum atomic E-state index is 12.3. The number of carbonyl (C=O) groups excluding carboxylic acids is 3. The molecule has 0 aromatic heterocycles. The van der Waals surface area contributed by atoms with Crippen LogP contribution in [0.3, 0.4) is 0 Å². The minimum atomic E-state index is -0.855. The van der Waals surface area contributed by atoms with Gasteiger partial charge in [-0.25, -0.2) is 5.01 Å². The molecule has 9 heteroatoms. The van der Waals surface area contributed by atoms with Crippen molar-refractivity contribution < 1.29 is 14.4 Å². The fourth-order valence-electron chi connectivity index (χ4n) is 2.08. The van der Waals surface area contributed by atoms with E-state index >= 15 is 0 Å². The van der Waals surface area contributed by atoms with Crippen LogP contribution in [-0.4, -0.2) is 52.9 Å². The van der Waals surface area contributed by atoms with E-state index in [4.69, 9.17) is 12.2 Å². The number of likely N-dealkylation sites (N-methyl/N-ethyl adjacent to an activating group) is 1. The second-order valence-corrected chi connectivity index (χ2v) is 6.17. The van der Waals surface area contributed by atoms with Crippen molar-refractivity contribution >= 4 is 51.0 Å². The first kappa shape index (κ1) is 17.4. The smallest absolute Gasteiger partial charge is 0.269 e. The zero-order valence-electron chi connectivity index (χ0n) is 12.5. The van der Waals surface area contributed by atoms with Gasteiger partial charge < -0.3 is 5.32 Å². The van der Waals surface area contributed by atoms with Crippen LogP contribution < -0.4 is 10.7 Å². The molecule has 0 radical (unpaired) electrons. The number of hydrazine groups is 1. The third kappa shape index (κ3) is 3.67.